The maximum atomic E-state index is 12.5. The van der Waals surface area contributed by atoms with Crippen molar-refractivity contribution in [3.8, 4) is 5.75 Å². The van der Waals surface area contributed by atoms with Gasteiger partial charge in [-0.15, -0.1) is 0 Å². The Hall–Kier alpha value is -1.26. The maximum Gasteiger partial charge on any atom is 0.257 e. The number of carbonyl (C=O) groups is 1. The van der Waals surface area contributed by atoms with Crippen molar-refractivity contribution in [3.05, 3.63) is 28.8 Å². The van der Waals surface area contributed by atoms with Gasteiger partial charge in [-0.1, -0.05) is 11.6 Å². The molecule has 4 nitrogen and oxygen atoms in total. The molecule has 0 aliphatic carbocycles. The van der Waals surface area contributed by atoms with Gasteiger partial charge in [0, 0.05) is 18.1 Å². The number of aromatic hydroxyl groups is 1. The summed E-state index contributed by atoms with van der Waals surface area (Å²) in [5.41, 5.74) is 0.324. The monoisotopic (exact) mass is 296 g/mol. The summed E-state index contributed by atoms with van der Waals surface area (Å²) in [6.45, 7) is 5.39. The molecule has 1 aliphatic heterocycles. The van der Waals surface area contributed by atoms with Crippen LogP contribution in [-0.4, -0.2) is 42.1 Å². The maximum absolute atomic E-state index is 12.5. The summed E-state index contributed by atoms with van der Waals surface area (Å²) in [5, 5.41) is 13.6. The third-order valence-corrected chi connectivity index (χ3v) is 4.03. The Kier molecular flexibility index (Phi) is 5.26. The second-order valence-electron chi connectivity index (χ2n) is 5.20. The molecule has 0 radical (unpaired) electrons. The van der Waals surface area contributed by atoms with E-state index in [1.165, 1.54) is 6.07 Å². The lowest BCUT2D eigenvalue weighted by Gasteiger charge is -2.29. The first kappa shape index (κ1) is 15.1. The molecule has 0 atom stereocenters. The zero-order valence-electron chi connectivity index (χ0n) is 11.7. The molecule has 110 valence electrons. The Morgan fingerprint density at radius 3 is 2.75 bits per heavy atom. The van der Waals surface area contributed by atoms with Gasteiger partial charge in [0.2, 0.25) is 0 Å². The van der Waals surface area contributed by atoms with Gasteiger partial charge in [0.15, 0.2) is 0 Å². The fraction of sp³-hybridized carbons (Fsp3) is 0.533. The van der Waals surface area contributed by atoms with Crippen LogP contribution in [0.25, 0.3) is 0 Å². The second-order valence-corrected chi connectivity index (χ2v) is 5.64. The van der Waals surface area contributed by atoms with E-state index in [9.17, 15) is 9.90 Å². The highest BCUT2D eigenvalue weighted by Gasteiger charge is 2.22. The number of carbonyl (C=O) groups excluding carboxylic acids is 1. The highest BCUT2D eigenvalue weighted by molar-refractivity contribution is 6.30. The van der Waals surface area contributed by atoms with E-state index in [2.05, 4.69) is 5.32 Å². The minimum atomic E-state index is -0.125. The van der Waals surface area contributed by atoms with Gasteiger partial charge in [0.05, 0.1) is 5.56 Å². The average molecular weight is 297 g/mol. The van der Waals surface area contributed by atoms with E-state index in [-0.39, 0.29) is 11.7 Å². The van der Waals surface area contributed by atoms with E-state index in [1.54, 1.807) is 17.0 Å². The lowest BCUT2D eigenvalue weighted by Crippen LogP contribution is -2.39. The van der Waals surface area contributed by atoms with Crippen LogP contribution in [-0.2, 0) is 0 Å². The van der Waals surface area contributed by atoms with Crippen LogP contribution in [0.3, 0.4) is 0 Å². The minimum Gasteiger partial charge on any atom is -0.507 e. The quantitative estimate of drug-likeness (QED) is 0.897. The third-order valence-electron chi connectivity index (χ3n) is 3.80. The van der Waals surface area contributed by atoms with Crippen LogP contribution < -0.4 is 5.32 Å². The van der Waals surface area contributed by atoms with Crippen molar-refractivity contribution in [2.45, 2.75) is 19.8 Å². The molecular weight excluding hydrogens is 276 g/mol. The molecule has 0 aromatic heterocycles. The number of amides is 1. The summed E-state index contributed by atoms with van der Waals surface area (Å²) in [7, 11) is 0. The standard InChI is InChI=1S/C15H21ClN2O2/c1-2-18(10-11-5-7-17-8-6-11)15(20)13-4-3-12(16)9-14(13)19/h3-4,9,11,17,19H,2,5-8,10H2,1H3. The molecule has 5 heteroatoms. The first-order valence-corrected chi connectivity index (χ1v) is 7.48. The molecule has 2 rings (SSSR count). The van der Waals surface area contributed by atoms with Crippen LogP contribution in [0.1, 0.15) is 30.1 Å². The lowest BCUT2D eigenvalue weighted by molar-refractivity contribution is 0.0724. The molecule has 0 unspecified atom stereocenters. The minimum absolute atomic E-state index is 0.0498. The molecule has 1 amide bonds. The molecular formula is C15H21ClN2O2. The first-order valence-electron chi connectivity index (χ1n) is 7.10. The van der Waals surface area contributed by atoms with Gasteiger partial charge in [-0.2, -0.15) is 0 Å². The number of nitrogens with zero attached hydrogens (tertiary/aromatic N) is 1. The van der Waals surface area contributed by atoms with Crippen LogP contribution in [0.2, 0.25) is 5.02 Å². The third kappa shape index (κ3) is 3.64. The van der Waals surface area contributed by atoms with E-state index < -0.39 is 0 Å². The summed E-state index contributed by atoms with van der Waals surface area (Å²) in [5.74, 6) is 0.362. The van der Waals surface area contributed by atoms with Gasteiger partial charge in [0.1, 0.15) is 5.75 Å². The van der Waals surface area contributed by atoms with E-state index in [1.807, 2.05) is 6.92 Å². The van der Waals surface area contributed by atoms with Crippen LogP contribution in [0.5, 0.6) is 5.75 Å². The summed E-state index contributed by atoms with van der Waals surface area (Å²) in [6.07, 6.45) is 2.19. The molecule has 0 spiro atoms. The number of hydrogen-bond acceptors (Lipinski definition) is 3. The Morgan fingerprint density at radius 1 is 1.45 bits per heavy atom. The number of rotatable bonds is 4. The number of halogens is 1. The van der Waals surface area contributed by atoms with Crippen LogP contribution >= 0.6 is 11.6 Å². The predicted molar refractivity (Wildman–Crippen MR) is 80.3 cm³/mol. The molecule has 1 aliphatic rings. The molecule has 1 aromatic rings. The first-order chi connectivity index (χ1) is 9.61. The van der Waals surface area contributed by atoms with E-state index >= 15 is 0 Å². The van der Waals surface area contributed by atoms with Crippen molar-refractivity contribution >= 4 is 17.5 Å². The highest BCUT2D eigenvalue weighted by Crippen LogP contribution is 2.24. The molecule has 1 aromatic carbocycles. The van der Waals surface area contributed by atoms with Gasteiger partial charge >= 0.3 is 0 Å². The van der Waals surface area contributed by atoms with Crippen molar-refractivity contribution in [1.82, 2.24) is 10.2 Å². The predicted octanol–water partition coefficient (Wildman–Crippen LogP) is 2.51. The van der Waals surface area contributed by atoms with Crippen molar-refractivity contribution in [2.24, 2.45) is 5.92 Å². The number of nitrogens with one attached hydrogen (secondary N) is 1. The van der Waals surface area contributed by atoms with E-state index in [4.69, 9.17) is 11.6 Å². The average Bonchev–Trinajstić information content (AvgIpc) is 2.45. The Balaban J connectivity index is 2.07. The van der Waals surface area contributed by atoms with E-state index in [0.29, 0.717) is 23.0 Å². The summed E-state index contributed by atoms with van der Waals surface area (Å²) < 4.78 is 0. The number of benzene rings is 1. The number of piperidine rings is 1. The molecule has 1 saturated heterocycles. The summed E-state index contributed by atoms with van der Waals surface area (Å²) >= 11 is 5.80. The van der Waals surface area contributed by atoms with Crippen molar-refractivity contribution in [3.63, 3.8) is 0 Å². The van der Waals surface area contributed by atoms with Gasteiger partial charge in [0.25, 0.3) is 5.91 Å². The van der Waals surface area contributed by atoms with Crippen LogP contribution in [0.4, 0.5) is 0 Å². The largest absolute Gasteiger partial charge is 0.507 e. The Morgan fingerprint density at radius 2 is 2.15 bits per heavy atom. The Labute approximate surface area is 124 Å². The highest BCUT2D eigenvalue weighted by atomic mass is 35.5. The topological polar surface area (TPSA) is 52.6 Å². The SMILES string of the molecule is CCN(CC1CCNCC1)C(=O)c1ccc(Cl)cc1O. The molecule has 1 heterocycles. The fourth-order valence-electron chi connectivity index (χ4n) is 2.59. The summed E-state index contributed by atoms with van der Waals surface area (Å²) in [6, 6.07) is 4.63. The lowest BCUT2D eigenvalue weighted by atomic mass is 9.97. The molecule has 20 heavy (non-hydrogen) atoms. The fourth-order valence-corrected chi connectivity index (χ4v) is 2.75. The number of phenolic OH excluding ortho intramolecular Hbond substituents is 1. The van der Waals surface area contributed by atoms with Crippen molar-refractivity contribution < 1.29 is 9.90 Å². The van der Waals surface area contributed by atoms with Crippen molar-refractivity contribution in [2.75, 3.05) is 26.2 Å². The molecule has 2 N–H and O–H groups in total. The molecule has 0 bridgehead atoms. The summed E-state index contributed by atoms with van der Waals surface area (Å²) in [4.78, 5) is 14.3. The zero-order valence-corrected chi connectivity index (χ0v) is 12.5. The van der Waals surface area contributed by atoms with Gasteiger partial charge in [-0.05, 0) is 57.0 Å². The number of hydrogen-bond donors (Lipinski definition) is 2. The van der Waals surface area contributed by atoms with Crippen LogP contribution in [0.15, 0.2) is 18.2 Å². The zero-order chi connectivity index (χ0) is 14.5. The van der Waals surface area contributed by atoms with Crippen molar-refractivity contribution in [1.29, 1.82) is 0 Å². The molecule has 0 saturated carbocycles. The molecule has 1 fully saturated rings. The van der Waals surface area contributed by atoms with Gasteiger partial charge in [-0.3, -0.25) is 4.79 Å². The smallest absolute Gasteiger partial charge is 0.257 e. The second kappa shape index (κ2) is 6.95. The van der Waals surface area contributed by atoms with Gasteiger partial charge in [-0.25, -0.2) is 0 Å². The van der Waals surface area contributed by atoms with Crippen LogP contribution in [0, 0.1) is 5.92 Å². The van der Waals surface area contributed by atoms with E-state index in [0.717, 1.165) is 32.5 Å². The normalized spacial score (nSPS) is 16.1. The number of phenols is 1. The van der Waals surface area contributed by atoms with Gasteiger partial charge < -0.3 is 15.3 Å². The Bertz CT molecular complexity index is 473.